The number of amides is 1. The summed E-state index contributed by atoms with van der Waals surface area (Å²) in [5, 5.41) is 6.91. The highest BCUT2D eigenvalue weighted by atomic mass is 32.1. The van der Waals surface area contributed by atoms with Gasteiger partial charge < -0.3 is 10.1 Å². The van der Waals surface area contributed by atoms with Gasteiger partial charge in [0.1, 0.15) is 10.7 Å². The van der Waals surface area contributed by atoms with Crippen LogP contribution >= 0.6 is 11.3 Å². The number of ether oxygens (including phenoxy) is 1. The van der Waals surface area contributed by atoms with Crippen molar-refractivity contribution in [2.75, 3.05) is 11.9 Å². The van der Waals surface area contributed by atoms with Crippen molar-refractivity contribution in [1.29, 1.82) is 0 Å². The van der Waals surface area contributed by atoms with E-state index in [2.05, 4.69) is 10.4 Å². The number of nitrogens with one attached hydrogen (secondary N) is 1. The predicted octanol–water partition coefficient (Wildman–Crippen LogP) is 2.42. The topological polar surface area (TPSA) is 90.3 Å². The van der Waals surface area contributed by atoms with Crippen molar-refractivity contribution < 1.29 is 19.1 Å². The molecule has 7 nitrogen and oxygen atoms in total. The van der Waals surface area contributed by atoms with E-state index in [9.17, 15) is 14.4 Å². The van der Waals surface area contributed by atoms with Crippen molar-refractivity contribution in [2.45, 2.75) is 20.8 Å². The molecule has 0 radical (unpaired) electrons. The van der Waals surface area contributed by atoms with Gasteiger partial charge in [-0.05, 0) is 32.4 Å². The Bertz CT molecular complexity index is 776. The first-order valence-corrected chi connectivity index (χ1v) is 7.79. The molecule has 8 heteroatoms. The second-order valence-electron chi connectivity index (χ2n) is 4.83. The lowest BCUT2D eigenvalue weighted by Gasteiger charge is -2.07. The Hall–Kier alpha value is -2.48. The molecule has 23 heavy (non-hydrogen) atoms. The van der Waals surface area contributed by atoms with Crippen molar-refractivity contribution in [2.24, 2.45) is 7.05 Å². The van der Waals surface area contributed by atoms with E-state index < -0.39 is 11.9 Å². The largest absolute Gasteiger partial charge is 0.462 e. The molecule has 0 bridgehead atoms. The van der Waals surface area contributed by atoms with Gasteiger partial charge in [-0.15, -0.1) is 11.3 Å². The van der Waals surface area contributed by atoms with E-state index in [-0.39, 0.29) is 18.0 Å². The molecular weight excluding hydrogens is 318 g/mol. The Morgan fingerprint density at radius 3 is 2.61 bits per heavy atom. The second kappa shape index (κ2) is 6.74. The summed E-state index contributed by atoms with van der Waals surface area (Å²) in [7, 11) is 1.64. The van der Waals surface area contributed by atoms with Crippen molar-refractivity contribution in [3.63, 3.8) is 0 Å². The van der Waals surface area contributed by atoms with Crippen LogP contribution in [0.4, 0.5) is 5.00 Å². The average molecular weight is 335 g/mol. The zero-order valence-electron chi connectivity index (χ0n) is 13.3. The summed E-state index contributed by atoms with van der Waals surface area (Å²) in [6.07, 6.45) is 1.50. The van der Waals surface area contributed by atoms with Crippen molar-refractivity contribution in [1.82, 2.24) is 9.78 Å². The number of ketones is 1. The maximum atomic E-state index is 12.3. The normalized spacial score (nSPS) is 10.4. The number of carbonyl (C=O) groups excluding carboxylic acids is 3. The Balaban J connectivity index is 2.42. The lowest BCUT2D eigenvalue weighted by atomic mass is 10.1. The first-order chi connectivity index (χ1) is 10.9. The molecule has 0 aromatic carbocycles. The lowest BCUT2D eigenvalue weighted by Crippen LogP contribution is -2.17. The number of Topliss-reactive ketones (excluding diaryl/α,β-unsaturated/α-hetero) is 1. The van der Waals surface area contributed by atoms with Crippen molar-refractivity contribution in [3.05, 3.63) is 34.0 Å². The highest BCUT2D eigenvalue weighted by molar-refractivity contribution is 7.18. The van der Waals surface area contributed by atoms with Crippen LogP contribution in [0.3, 0.4) is 0 Å². The molecule has 0 aliphatic carbocycles. The molecular formula is C15H17N3O4S. The SMILES string of the molecule is CCOC(=O)c1c(NC(=O)c2ccnn2C)sc(C(C)=O)c1C. The number of aromatic nitrogens is 2. The molecule has 0 saturated heterocycles. The van der Waals surface area contributed by atoms with Crippen LogP contribution in [0.2, 0.25) is 0 Å². The van der Waals surface area contributed by atoms with Crippen LogP contribution in [0.5, 0.6) is 0 Å². The molecule has 0 aliphatic rings. The maximum absolute atomic E-state index is 12.3. The number of anilines is 1. The summed E-state index contributed by atoms with van der Waals surface area (Å²) >= 11 is 1.07. The zero-order valence-corrected chi connectivity index (χ0v) is 14.1. The van der Waals surface area contributed by atoms with Crippen LogP contribution in [-0.4, -0.2) is 34.0 Å². The molecule has 2 heterocycles. The number of nitrogens with zero attached hydrogens (tertiary/aromatic N) is 2. The summed E-state index contributed by atoms with van der Waals surface area (Å²) in [5.41, 5.74) is 1.08. The van der Waals surface area contributed by atoms with Gasteiger partial charge in [0.15, 0.2) is 5.78 Å². The van der Waals surface area contributed by atoms with Crippen LogP contribution in [0, 0.1) is 6.92 Å². The minimum atomic E-state index is -0.561. The fourth-order valence-electron chi connectivity index (χ4n) is 2.15. The standard InChI is InChI=1S/C15H17N3O4S/c1-5-22-15(21)11-8(2)12(9(3)19)23-14(11)17-13(20)10-6-7-16-18(10)4/h6-7H,5H2,1-4H3,(H,17,20). The predicted molar refractivity (Wildman–Crippen MR) is 86.2 cm³/mol. The second-order valence-corrected chi connectivity index (χ2v) is 5.85. The van der Waals surface area contributed by atoms with E-state index in [1.807, 2.05) is 0 Å². The van der Waals surface area contributed by atoms with E-state index in [1.165, 1.54) is 17.8 Å². The van der Waals surface area contributed by atoms with Crippen LogP contribution in [-0.2, 0) is 11.8 Å². The van der Waals surface area contributed by atoms with Crippen LogP contribution in [0.15, 0.2) is 12.3 Å². The number of hydrogen-bond acceptors (Lipinski definition) is 6. The molecule has 1 amide bonds. The van der Waals surface area contributed by atoms with E-state index in [0.29, 0.717) is 21.1 Å². The molecule has 0 spiro atoms. The van der Waals surface area contributed by atoms with Gasteiger partial charge in [-0.3, -0.25) is 14.3 Å². The quantitative estimate of drug-likeness (QED) is 0.669. The van der Waals surface area contributed by atoms with Gasteiger partial charge in [-0.1, -0.05) is 0 Å². The molecule has 0 saturated carbocycles. The summed E-state index contributed by atoms with van der Waals surface area (Å²) in [4.78, 5) is 36.6. The van der Waals surface area contributed by atoms with E-state index in [4.69, 9.17) is 4.74 Å². The molecule has 0 unspecified atom stereocenters. The average Bonchev–Trinajstić information content (AvgIpc) is 3.03. The Morgan fingerprint density at radius 2 is 2.09 bits per heavy atom. The molecule has 2 aromatic rings. The maximum Gasteiger partial charge on any atom is 0.341 e. The Morgan fingerprint density at radius 1 is 1.39 bits per heavy atom. The highest BCUT2D eigenvalue weighted by Gasteiger charge is 2.25. The first-order valence-electron chi connectivity index (χ1n) is 6.97. The molecule has 2 rings (SSSR count). The Labute approximate surface area is 137 Å². The molecule has 122 valence electrons. The monoisotopic (exact) mass is 335 g/mol. The van der Waals surface area contributed by atoms with Gasteiger partial charge in [-0.25, -0.2) is 4.79 Å². The van der Waals surface area contributed by atoms with Gasteiger partial charge in [0.2, 0.25) is 0 Å². The van der Waals surface area contributed by atoms with Crippen molar-refractivity contribution in [3.8, 4) is 0 Å². The molecule has 0 fully saturated rings. The summed E-state index contributed by atoms with van der Waals surface area (Å²) < 4.78 is 6.45. The molecule has 0 atom stereocenters. The molecule has 0 aliphatic heterocycles. The lowest BCUT2D eigenvalue weighted by molar-refractivity contribution is 0.0527. The van der Waals surface area contributed by atoms with Gasteiger partial charge >= 0.3 is 5.97 Å². The number of esters is 1. The fourth-order valence-corrected chi connectivity index (χ4v) is 3.24. The number of hydrogen-bond donors (Lipinski definition) is 1. The fraction of sp³-hybridized carbons (Fsp3) is 0.333. The van der Waals surface area contributed by atoms with Gasteiger partial charge in [0.05, 0.1) is 17.0 Å². The minimum absolute atomic E-state index is 0.168. The van der Waals surface area contributed by atoms with E-state index >= 15 is 0 Å². The number of thiophene rings is 1. The molecule has 2 aromatic heterocycles. The minimum Gasteiger partial charge on any atom is -0.462 e. The van der Waals surface area contributed by atoms with Gasteiger partial charge in [0.25, 0.3) is 5.91 Å². The van der Waals surface area contributed by atoms with Crippen LogP contribution in [0.25, 0.3) is 0 Å². The van der Waals surface area contributed by atoms with Crippen LogP contribution < -0.4 is 5.32 Å². The zero-order chi connectivity index (χ0) is 17.1. The first kappa shape index (κ1) is 16.9. The van der Waals surface area contributed by atoms with Gasteiger partial charge in [-0.2, -0.15) is 5.10 Å². The number of rotatable bonds is 5. The van der Waals surface area contributed by atoms with E-state index in [1.54, 1.807) is 27.0 Å². The highest BCUT2D eigenvalue weighted by Crippen LogP contribution is 2.34. The third-order valence-electron chi connectivity index (χ3n) is 3.23. The van der Waals surface area contributed by atoms with Crippen molar-refractivity contribution >= 4 is 34.0 Å². The molecule has 1 N–H and O–H groups in total. The third-order valence-corrected chi connectivity index (χ3v) is 4.53. The third kappa shape index (κ3) is 3.31. The smallest absolute Gasteiger partial charge is 0.341 e. The van der Waals surface area contributed by atoms with Gasteiger partial charge in [0, 0.05) is 13.2 Å². The van der Waals surface area contributed by atoms with E-state index in [0.717, 1.165) is 11.3 Å². The summed E-state index contributed by atoms with van der Waals surface area (Å²) in [5.74, 6) is -1.14. The summed E-state index contributed by atoms with van der Waals surface area (Å²) in [6.45, 7) is 4.98. The Kier molecular flexibility index (Phi) is 4.95. The van der Waals surface area contributed by atoms with Crippen LogP contribution in [0.1, 0.15) is 49.9 Å². The number of carbonyl (C=O) groups is 3. The number of aryl methyl sites for hydroxylation is 1. The summed E-state index contributed by atoms with van der Waals surface area (Å²) in [6, 6.07) is 1.56.